The smallest absolute Gasteiger partial charge is 0.0346 e. The largest absolute Gasteiger partial charge is 0.264 e. The van der Waals surface area contributed by atoms with Crippen LogP contribution in [0.2, 0.25) is 0 Å². The molecule has 0 N–H and O–H groups in total. The van der Waals surface area contributed by atoms with Gasteiger partial charge in [0.05, 0.1) is 0 Å². The molecule has 0 bridgehead atoms. The molecule has 0 aliphatic carbocycles. The van der Waals surface area contributed by atoms with Crippen LogP contribution in [0.25, 0.3) is 5.57 Å². The van der Waals surface area contributed by atoms with Crippen LogP contribution >= 0.6 is 0 Å². The molecule has 0 saturated heterocycles. The molecule has 0 fully saturated rings. The maximum atomic E-state index is 4.20. The molecule has 0 aliphatic rings. The highest BCUT2D eigenvalue weighted by molar-refractivity contribution is 5.79. The second-order valence-electron chi connectivity index (χ2n) is 4.01. The van der Waals surface area contributed by atoms with Gasteiger partial charge in [0.2, 0.25) is 0 Å². The Balaban J connectivity index is 2.40. The first-order valence-electron chi connectivity index (χ1n) is 6.08. The Morgan fingerprint density at radius 1 is 1.06 bits per heavy atom. The molecule has 17 heavy (non-hydrogen) atoms. The lowest BCUT2D eigenvalue weighted by molar-refractivity contribution is 0.960. The van der Waals surface area contributed by atoms with Crippen molar-refractivity contribution in [2.24, 2.45) is 0 Å². The van der Waals surface area contributed by atoms with E-state index >= 15 is 0 Å². The molecule has 1 heteroatoms. The van der Waals surface area contributed by atoms with Gasteiger partial charge in [0.1, 0.15) is 0 Å². The molecule has 2 rings (SSSR count). The van der Waals surface area contributed by atoms with Crippen molar-refractivity contribution >= 4 is 5.57 Å². The molecule has 0 radical (unpaired) electrons. The van der Waals surface area contributed by atoms with Crippen LogP contribution in [0.1, 0.15) is 30.9 Å². The van der Waals surface area contributed by atoms with Gasteiger partial charge >= 0.3 is 0 Å². The minimum atomic E-state index is 1.10. The van der Waals surface area contributed by atoms with Crippen molar-refractivity contribution in [3.05, 3.63) is 72.1 Å². The molecule has 0 atom stereocenters. The van der Waals surface area contributed by atoms with E-state index in [1.807, 2.05) is 24.5 Å². The van der Waals surface area contributed by atoms with E-state index in [-0.39, 0.29) is 0 Å². The normalized spacial score (nSPS) is 11.5. The second kappa shape index (κ2) is 6.00. The lowest BCUT2D eigenvalue weighted by Gasteiger charge is -2.07. The Kier molecular flexibility index (Phi) is 4.09. The van der Waals surface area contributed by atoms with E-state index in [1.165, 1.54) is 16.7 Å². The summed E-state index contributed by atoms with van der Waals surface area (Å²) in [4.78, 5) is 4.20. The van der Waals surface area contributed by atoms with Gasteiger partial charge in [-0.1, -0.05) is 55.8 Å². The fourth-order valence-electron chi connectivity index (χ4n) is 1.83. The summed E-state index contributed by atoms with van der Waals surface area (Å²) in [6.07, 6.45) is 8.29. The average molecular weight is 223 g/mol. The van der Waals surface area contributed by atoms with Crippen LogP contribution in [-0.2, 0) is 0 Å². The fourth-order valence-corrected chi connectivity index (χ4v) is 1.83. The van der Waals surface area contributed by atoms with Gasteiger partial charge in [0.25, 0.3) is 0 Å². The van der Waals surface area contributed by atoms with Gasteiger partial charge in [0, 0.05) is 18.0 Å². The van der Waals surface area contributed by atoms with E-state index in [0.717, 1.165) is 12.8 Å². The van der Waals surface area contributed by atoms with Gasteiger partial charge < -0.3 is 0 Å². The quantitative estimate of drug-likeness (QED) is 0.752. The minimum absolute atomic E-state index is 1.10. The predicted molar refractivity (Wildman–Crippen MR) is 72.7 cm³/mol. The molecule has 0 aliphatic heterocycles. The third-order valence-electron chi connectivity index (χ3n) is 2.69. The predicted octanol–water partition coefficient (Wildman–Crippen LogP) is 4.31. The average Bonchev–Trinajstić information content (AvgIpc) is 2.42. The monoisotopic (exact) mass is 223 g/mol. The zero-order chi connectivity index (χ0) is 11.9. The summed E-state index contributed by atoms with van der Waals surface area (Å²) in [7, 11) is 0. The maximum absolute atomic E-state index is 4.20. The lowest BCUT2D eigenvalue weighted by atomic mass is 9.98. The number of aromatic nitrogens is 1. The zero-order valence-corrected chi connectivity index (χ0v) is 10.1. The van der Waals surface area contributed by atoms with Crippen LogP contribution in [0, 0.1) is 0 Å². The summed E-state index contributed by atoms with van der Waals surface area (Å²) in [5.74, 6) is 0. The molecule has 86 valence electrons. The molecular weight excluding hydrogens is 206 g/mol. The van der Waals surface area contributed by atoms with E-state index in [2.05, 4.69) is 48.3 Å². The summed E-state index contributed by atoms with van der Waals surface area (Å²) in [6, 6.07) is 14.6. The van der Waals surface area contributed by atoms with Crippen LogP contribution < -0.4 is 0 Å². The van der Waals surface area contributed by atoms with Gasteiger partial charge in [-0.25, -0.2) is 0 Å². The SMILES string of the molecule is CCCC=C(c1ccccc1)c1cccnc1. The minimum Gasteiger partial charge on any atom is -0.264 e. The number of nitrogens with zero attached hydrogens (tertiary/aromatic N) is 1. The van der Waals surface area contributed by atoms with Crippen molar-refractivity contribution in [2.75, 3.05) is 0 Å². The van der Waals surface area contributed by atoms with E-state index in [0.29, 0.717) is 0 Å². The maximum Gasteiger partial charge on any atom is 0.0346 e. The summed E-state index contributed by atoms with van der Waals surface area (Å²) in [5, 5.41) is 0. The van der Waals surface area contributed by atoms with Crippen molar-refractivity contribution in [3.8, 4) is 0 Å². The highest BCUT2D eigenvalue weighted by Crippen LogP contribution is 2.23. The summed E-state index contributed by atoms with van der Waals surface area (Å²) < 4.78 is 0. The second-order valence-corrected chi connectivity index (χ2v) is 4.01. The number of unbranched alkanes of at least 4 members (excludes halogenated alkanes) is 1. The van der Waals surface area contributed by atoms with Crippen LogP contribution in [0.5, 0.6) is 0 Å². The van der Waals surface area contributed by atoms with Gasteiger partial charge in [-0.05, 0) is 23.6 Å². The van der Waals surface area contributed by atoms with E-state index in [9.17, 15) is 0 Å². The molecule has 1 heterocycles. The van der Waals surface area contributed by atoms with Gasteiger partial charge in [0.15, 0.2) is 0 Å². The van der Waals surface area contributed by atoms with Crippen molar-refractivity contribution in [3.63, 3.8) is 0 Å². The van der Waals surface area contributed by atoms with E-state index in [1.54, 1.807) is 0 Å². The first kappa shape index (κ1) is 11.6. The molecular formula is C16H17N. The third-order valence-corrected chi connectivity index (χ3v) is 2.69. The van der Waals surface area contributed by atoms with Gasteiger partial charge in [-0.15, -0.1) is 0 Å². The molecule has 1 aromatic carbocycles. The number of pyridine rings is 1. The van der Waals surface area contributed by atoms with E-state index < -0.39 is 0 Å². The number of hydrogen-bond donors (Lipinski definition) is 0. The van der Waals surface area contributed by atoms with Crippen LogP contribution in [-0.4, -0.2) is 4.98 Å². The number of benzene rings is 1. The molecule has 0 spiro atoms. The Morgan fingerprint density at radius 3 is 2.47 bits per heavy atom. The summed E-state index contributed by atoms with van der Waals surface area (Å²) in [6.45, 7) is 2.20. The summed E-state index contributed by atoms with van der Waals surface area (Å²) >= 11 is 0. The molecule has 0 amide bonds. The summed E-state index contributed by atoms with van der Waals surface area (Å²) in [5.41, 5.74) is 3.72. The molecule has 2 aromatic rings. The molecule has 1 nitrogen and oxygen atoms in total. The highest BCUT2D eigenvalue weighted by Gasteiger charge is 2.03. The van der Waals surface area contributed by atoms with Crippen LogP contribution in [0.15, 0.2) is 60.9 Å². The topological polar surface area (TPSA) is 12.9 Å². The Labute approximate surface area is 103 Å². The molecule has 1 aromatic heterocycles. The van der Waals surface area contributed by atoms with Crippen molar-refractivity contribution in [1.82, 2.24) is 4.98 Å². The number of hydrogen-bond acceptors (Lipinski definition) is 1. The highest BCUT2D eigenvalue weighted by atomic mass is 14.6. The van der Waals surface area contributed by atoms with Crippen LogP contribution in [0.4, 0.5) is 0 Å². The first-order chi connectivity index (χ1) is 8.42. The van der Waals surface area contributed by atoms with Crippen molar-refractivity contribution < 1.29 is 0 Å². The Morgan fingerprint density at radius 2 is 1.82 bits per heavy atom. The van der Waals surface area contributed by atoms with Gasteiger partial charge in [-0.3, -0.25) is 4.98 Å². The van der Waals surface area contributed by atoms with Crippen molar-refractivity contribution in [1.29, 1.82) is 0 Å². The fraction of sp³-hybridized carbons (Fsp3) is 0.188. The number of rotatable bonds is 4. The Hall–Kier alpha value is -1.89. The standard InChI is InChI=1S/C16H17N/c1-2-3-11-16(14-8-5-4-6-9-14)15-10-7-12-17-13-15/h4-13H,2-3H2,1H3. The number of allylic oxidation sites excluding steroid dienone is 1. The first-order valence-corrected chi connectivity index (χ1v) is 6.08. The Bertz CT molecular complexity index is 430. The zero-order valence-electron chi connectivity index (χ0n) is 10.1. The third kappa shape index (κ3) is 3.04. The van der Waals surface area contributed by atoms with E-state index in [4.69, 9.17) is 0 Å². The van der Waals surface area contributed by atoms with Gasteiger partial charge in [-0.2, -0.15) is 0 Å². The lowest BCUT2D eigenvalue weighted by Crippen LogP contribution is -1.88. The van der Waals surface area contributed by atoms with Crippen LogP contribution in [0.3, 0.4) is 0 Å². The molecule has 0 unspecified atom stereocenters. The molecule has 0 saturated carbocycles. The van der Waals surface area contributed by atoms with Crippen molar-refractivity contribution in [2.45, 2.75) is 19.8 Å².